The zero-order chi connectivity index (χ0) is 10.4. The van der Waals surface area contributed by atoms with E-state index in [2.05, 4.69) is 10.3 Å². The highest BCUT2D eigenvalue weighted by molar-refractivity contribution is 5.67. The monoisotopic (exact) mass is 194 g/mol. The van der Waals surface area contributed by atoms with E-state index in [-0.39, 0.29) is 12.5 Å². The Morgan fingerprint density at radius 1 is 1.64 bits per heavy atom. The molecule has 0 aliphatic carbocycles. The third kappa shape index (κ3) is 4.00. The molecular weight excluding hydrogens is 180 g/mol. The molecule has 0 amide bonds. The van der Waals surface area contributed by atoms with E-state index in [1.165, 1.54) is 0 Å². The Balaban J connectivity index is 2.30. The maximum atomic E-state index is 10.4. The highest BCUT2D eigenvalue weighted by Gasteiger charge is 2.06. The van der Waals surface area contributed by atoms with Crippen molar-refractivity contribution >= 4 is 5.97 Å². The van der Waals surface area contributed by atoms with Crippen LogP contribution in [0.3, 0.4) is 0 Å². The molecule has 0 radical (unpaired) electrons. The van der Waals surface area contributed by atoms with Crippen LogP contribution < -0.4 is 5.32 Å². The number of aromatic nitrogens is 1. The van der Waals surface area contributed by atoms with Crippen molar-refractivity contribution in [3.05, 3.63) is 30.1 Å². The second-order valence-electron chi connectivity index (χ2n) is 3.20. The van der Waals surface area contributed by atoms with Gasteiger partial charge in [-0.15, -0.1) is 0 Å². The van der Waals surface area contributed by atoms with Gasteiger partial charge in [-0.2, -0.15) is 0 Å². The predicted octanol–water partition coefficient (Wildman–Crippen LogP) is 1.03. The smallest absolute Gasteiger partial charge is 0.304 e. The van der Waals surface area contributed by atoms with E-state index in [1.54, 1.807) is 6.20 Å². The van der Waals surface area contributed by atoms with Crippen LogP contribution in [0, 0.1) is 0 Å². The van der Waals surface area contributed by atoms with Crippen LogP contribution in [-0.4, -0.2) is 22.1 Å². The van der Waals surface area contributed by atoms with Crippen LogP contribution in [0.15, 0.2) is 24.4 Å². The molecule has 1 atom stereocenters. The molecule has 1 unspecified atom stereocenters. The third-order valence-corrected chi connectivity index (χ3v) is 1.84. The Kier molecular flexibility index (Phi) is 4.07. The fourth-order valence-corrected chi connectivity index (χ4v) is 1.12. The molecule has 0 aliphatic rings. The largest absolute Gasteiger partial charge is 0.481 e. The van der Waals surface area contributed by atoms with Crippen LogP contribution in [0.25, 0.3) is 0 Å². The molecule has 1 aromatic heterocycles. The van der Waals surface area contributed by atoms with Gasteiger partial charge in [-0.3, -0.25) is 9.78 Å². The first kappa shape index (κ1) is 10.7. The standard InChI is InChI=1S/C10H14N2O2/c1-8(6-10(13)14)12-7-9-4-2-3-5-11-9/h2-5,8,12H,6-7H2,1H3,(H,13,14). The van der Waals surface area contributed by atoms with E-state index in [4.69, 9.17) is 5.11 Å². The molecule has 2 N–H and O–H groups in total. The van der Waals surface area contributed by atoms with Crippen molar-refractivity contribution in [3.63, 3.8) is 0 Å². The molecule has 14 heavy (non-hydrogen) atoms. The van der Waals surface area contributed by atoms with Crippen molar-refractivity contribution in [2.75, 3.05) is 0 Å². The molecule has 1 aromatic rings. The molecule has 76 valence electrons. The number of carboxylic acids is 1. The van der Waals surface area contributed by atoms with Crippen molar-refractivity contribution in [1.82, 2.24) is 10.3 Å². The van der Waals surface area contributed by atoms with Gasteiger partial charge in [0.2, 0.25) is 0 Å². The number of rotatable bonds is 5. The summed E-state index contributed by atoms with van der Waals surface area (Å²) in [6, 6.07) is 5.63. The summed E-state index contributed by atoms with van der Waals surface area (Å²) in [5.41, 5.74) is 0.921. The number of hydrogen-bond acceptors (Lipinski definition) is 3. The fraction of sp³-hybridized carbons (Fsp3) is 0.400. The lowest BCUT2D eigenvalue weighted by molar-refractivity contribution is -0.137. The van der Waals surface area contributed by atoms with Gasteiger partial charge >= 0.3 is 5.97 Å². The van der Waals surface area contributed by atoms with Gasteiger partial charge in [0.15, 0.2) is 0 Å². The molecule has 4 heteroatoms. The summed E-state index contributed by atoms with van der Waals surface area (Å²) in [4.78, 5) is 14.5. The molecule has 1 rings (SSSR count). The predicted molar refractivity (Wildman–Crippen MR) is 52.8 cm³/mol. The van der Waals surface area contributed by atoms with Gasteiger partial charge in [0.25, 0.3) is 0 Å². The molecule has 0 fully saturated rings. The summed E-state index contributed by atoms with van der Waals surface area (Å²) >= 11 is 0. The molecule has 0 saturated carbocycles. The van der Waals surface area contributed by atoms with Gasteiger partial charge in [-0.25, -0.2) is 0 Å². The summed E-state index contributed by atoms with van der Waals surface area (Å²) in [5, 5.41) is 11.6. The number of nitrogens with zero attached hydrogens (tertiary/aromatic N) is 1. The van der Waals surface area contributed by atoms with Crippen LogP contribution in [-0.2, 0) is 11.3 Å². The van der Waals surface area contributed by atoms with Crippen molar-refractivity contribution in [2.24, 2.45) is 0 Å². The minimum absolute atomic E-state index is 0.0329. The van der Waals surface area contributed by atoms with Gasteiger partial charge in [-0.05, 0) is 19.1 Å². The fourth-order valence-electron chi connectivity index (χ4n) is 1.12. The van der Waals surface area contributed by atoms with Gasteiger partial charge < -0.3 is 10.4 Å². The summed E-state index contributed by atoms with van der Waals surface area (Å²) in [5.74, 6) is -0.786. The highest BCUT2D eigenvalue weighted by Crippen LogP contribution is 1.95. The van der Waals surface area contributed by atoms with Gasteiger partial charge in [0, 0.05) is 18.8 Å². The van der Waals surface area contributed by atoms with Crippen LogP contribution in [0.2, 0.25) is 0 Å². The molecule has 0 bridgehead atoms. The SMILES string of the molecule is CC(CC(=O)O)NCc1ccccn1. The lowest BCUT2D eigenvalue weighted by Gasteiger charge is -2.10. The topological polar surface area (TPSA) is 62.2 Å². The number of carboxylic acid groups (broad SMARTS) is 1. The minimum Gasteiger partial charge on any atom is -0.481 e. The highest BCUT2D eigenvalue weighted by atomic mass is 16.4. The zero-order valence-electron chi connectivity index (χ0n) is 8.10. The maximum Gasteiger partial charge on any atom is 0.304 e. The van der Waals surface area contributed by atoms with E-state index in [0.29, 0.717) is 6.54 Å². The van der Waals surface area contributed by atoms with Crippen LogP contribution in [0.4, 0.5) is 0 Å². The van der Waals surface area contributed by atoms with Gasteiger partial charge in [0.05, 0.1) is 12.1 Å². The quantitative estimate of drug-likeness (QED) is 0.735. The normalized spacial score (nSPS) is 12.4. The third-order valence-electron chi connectivity index (χ3n) is 1.84. The number of aliphatic carboxylic acids is 1. The molecule has 0 aliphatic heterocycles. The Hall–Kier alpha value is -1.42. The average Bonchev–Trinajstić information content (AvgIpc) is 2.15. The first-order valence-corrected chi connectivity index (χ1v) is 4.53. The van der Waals surface area contributed by atoms with E-state index >= 15 is 0 Å². The van der Waals surface area contributed by atoms with E-state index in [0.717, 1.165) is 5.69 Å². The number of pyridine rings is 1. The number of nitrogens with one attached hydrogen (secondary N) is 1. The molecular formula is C10H14N2O2. The van der Waals surface area contributed by atoms with E-state index < -0.39 is 5.97 Å². The van der Waals surface area contributed by atoms with Gasteiger partial charge in [-0.1, -0.05) is 6.07 Å². The summed E-state index contributed by atoms with van der Waals surface area (Å²) in [6.07, 6.45) is 1.85. The van der Waals surface area contributed by atoms with Gasteiger partial charge in [0.1, 0.15) is 0 Å². The summed E-state index contributed by atoms with van der Waals surface area (Å²) in [7, 11) is 0. The number of carbonyl (C=O) groups is 1. The van der Waals surface area contributed by atoms with Crippen molar-refractivity contribution < 1.29 is 9.90 Å². The second kappa shape index (κ2) is 5.34. The Morgan fingerprint density at radius 2 is 2.43 bits per heavy atom. The van der Waals surface area contributed by atoms with E-state index in [1.807, 2.05) is 25.1 Å². The summed E-state index contributed by atoms with van der Waals surface area (Å²) in [6.45, 7) is 2.45. The maximum absolute atomic E-state index is 10.4. The Bertz CT molecular complexity index is 287. The van der Waals surface area contributed by atoms with Crippen molar-refractivity contribution in [3.8, 4) is 0 Å². The summed E-state index contributed by atoms with van der Waals surface area (Å²) < 4.78 is 0. The molecule has 0 saturated heterocycles. The zero-order valence-corrected chi connectivity index (χ0v) is 8.10. The van der Waals surface area contributed by atoms with Crippen LogP contribution in [0.1, 0.15) is 19.0 Å². The Labute approximate surface area is 83.0 Å². The van der Waals surface area contributed by atoms with Crippen LogP contribution in [0.5, 0.6) is 0 Å². The molecule has 0 spiro atoms. The van der Waals surface area contributed by atoms with Crippen molar-refractivity contribution in [2.45, 2.75) is 25.9 Å². The molecule has 1 heterocycles. The Morgan fingerprint density at radius 3 is 3.00 bits per heavy atom. The first-order valence-electron chi connectivity index (χ1n) is 4.53. The first-order chi connectivity index (χ1) is 6.68. The molecule has 4 nitrogen and oxygen atoms in total. The van der Waals surface area contributed by atoms with Crippen LogP contribution >= 0.6 is 0 Å². The lowest BCUT2D eigenvalue weighted by Crippen LogP contribution is -2.28. The minimum atomic E-state index is -0.786. The lowest BCUT2D eigenvalue weighted by atomic mass is 10.2. The van der Waals surface area contributed by atoms with E-state index in [9.17, 15) is 4.79 Å². The van der Waals surface area contributed by atoms with Crippen molar-refractivity contribution in [1.29, 1.82) is 0 Å². The average molecular weight is 194 g/mol. The second-order valence-corrected chi connectivity index (χ2v) is 3.20. The number of hydrogen-bond donors (Lipinski definition) is 2. The molecule has 0 aromatic carbocycles.